The first-order valence-electron chi connectivity index (χ1n) is 3.93. The van der Waals surface area contributed by atoms with Gasteiger partial charge in [-0.1, -0.05) is 0 Å². The lowest BCUT2D eigenvalue weighted by molar-refractivity contribution is 0.0765. The van der Waals surface area contributed by atoms with E-state index >= 15 is 0 Å². The van der Waals surface area contributed by atoms with Crippen molar-refractivity contribution in [3.8, 4) is 0 Å². The van der Waals surface area contributed by atoms with Crippen molar-refractivity contribution in [2.24, 2.45) is 0 Å². The van der Waals surface area contributed by atoms with Gasteiger partial charge in [0.25, 0.3) is 0 Å². The highest BCUT2D eigenvalue weighted by Gasteiger charge is 2.39. The highest BCUT2D eigenvalue weighted by atomic mass is 16.6. The minimum Gasteiger partial charge on any atom is -0.441 e. The Kier molecular flexibility index (Phi) is 2.25. The first kappa shape index (κ1) is 8.88. The lowest BCUT2D eigenvalue weighted by atomic mass is 10.0. The second-order valence-electron chi connectivity index (χ2n) is 3.24. The van der Waals surface area contributed by atoms with Crippen LogP contribution in [0.25, 0.3) is 0 Å². The smallest absolute Gasteiger partial charge is 0.408 e. The maximum Gasteiger partial charge on any atom is 0.408 e. The number of amides is 1. The molecule has 1 fully saturated rings. The number of hydrogen-bond acceptors (Lipinski definition) is 2. The summed E-state index contributed by atoms with van der Waals surface area (Å²) in [6.07, 6.45) is 3.23. The van der Waals surface area contributed by atoms with Crippen molar-refractivity contribution in [2.45, 2.75) is 32.4 Å². The van der Waals surface area contributed by atoms with Gasteiger partial charge < -0.3 is 10.1 Å². The summed E-state index contributed by atoms with van der Waals surface area (Å²) >= 11 is 0. The van der Waals surface area contributed by atoms with Crippen molar-refractivity contribution in [1.82, 2.24) is 5.32 Å². The minimum atomic E-state index is -0.465. The molecule has 1 amide bonds. The number of cyclic esters (lactones) is 1. The average Bonchev–Trinajstić information content (AvgIpc) is 2.20. The molecule has 0 aromatic carbocycles. The topological polar surface area (TPSA) is 38.3 Å². The number of alkyl carbamates (subject to hydrolysis) is 1. The van der Waals surface area contributed by atoms with Crippen molar-refractivity contribution in [3.05, 3.63) is 17.9 Å². The molecule has 0 radical (unpaired) electrons. The quantitative estimate of drug-likeness (QED) is 0.602. The second-order valence-corrected chi connectivity index (χ2v) is 3.24. The number of hydrogen-bond donors (Lipinski definition) is 1. The first-order valence-corrected chi connectivity index (χ1v) is 3.93. The summed E-state index contributed by atoms with van der Waals surface area (Å²) in [6, 6.07) is -0.0822. The summed E-state index contributed by atoms with van der Waals surface area (Å²) in [6.45, 7) is 5.61. The van der Waals surface area contributed by atoms with Crippen molar-refractivity contribution in [2.75, 3.05) is 0 Å². The van der Waals surface area contributed by atoms with E-state index in [-0.39, 0.29) is 12.1 Å². The standard InChI is InChI=1S/C9H13NO2/c1-4-5-6-7-9(2,3)12-8(11)10-7/h4,6-7H,1-3H3,(H,10,11). The van der Waals surface area contributed by atoms with Crippen LogP contribution >= 0.6 is 0 Å². The van der Waals surface area contributed by atoms with Crippen LogP contribution in [0.2, 0.25) is 0 Å². The normalized spacial score (nSPS) is 25.2. The van der Waals surface area contributed by atoms with Crippen LogP contribution in [-0.4, -0.2) is 17.7 Å². The fourth-order valence-electron chi connectivity index (χ4n) is 1.07. The van der Waals surface area contributed by atoms with E-state index in [4.69, 9.17) is 4.74 Å². The van der Waals surface area contributed by atoms with Crippen molar-refractivity contribution in [1.29, 1.82) is 0 Å². The van der Waals surface area contributed by atoms with Crippen molar-refractivity contribution < 1.29 is 9.53 Å². The van der Waals surface area contributed by atoms with Crippen LogP contribution in [0.1, 0.15) is 20.8 Å². The lowest BCUT2D eigenvalue weighted by Crippen LogP contribution is -2.36. The van der Waals surface area contributed by atoms with Gasteiger partial charge in [-0.05, 0) is 32.9 Å². The number of carbonyl (C=O) groups excluding carboxylic acids is 1. The Morgan fingerprint density at radius 2 is 2.33 bits per heavy atom. The molecule has 1 heterocycles. The Morgan fingerprint density at radius 1 is 1.67 bits per heavy atom. The maximum atomic E-state index is 10.8. The van der Waals surface area contributed by atoms with Gasteiger partial charge in [0, 0.05) is 0 Å². The Hall–Kier alpha value is -1.21. The molecule has 1 N–H and O–H groups in total. The molecule has 1 atom stereocenters. The number of rotatable bonds is 1. The lowest BCUT2D eigenvalue weighted by Gasteiger charge is -2.19. The van der Waals surface area contributed by atoms with Gasteiger partial charge in [0.05, 0.1) is 6.04 Å². The highest BCUT2D eigenvalue weighted by Crippen LogP contribution is 2.21. The molecule has 12 heavy (non-hydrogen) atoms. The summed E-state index contributed by atoms with van der Waals surface area (Å²) in [5, 5.41) is 2.68. The maximum absolute atomic E-state index is 10.8. The molecule has 1 unspecified atom stereocenters. The number of ether oxygens (including phenoxy) is 1. The molecular weight excluding hydrogens is 154 g/mol. The number of nitrogens with one attached hydrogen (secondary N) is 1. The van der Waals surface area contributed by atoms with Gasteiger partial charge in [-0.3, -0.25) is 0 Å². The van der Waals surface area contributed by atoms with E-state index in [1.807, 2.05) is 20.8 Å². The predicted molar refractivity (Wildman–Crippen MR) is 45.8 cm³/mol. The molecule has 66 valence electrons. The molecule has 1 saturated heterocycles. The van der Waals surface area contributed by atoms with Crippen LogP contribution in [0, 0.1) is 0 Å². The van der Waals surface area contributed by atoms with Gasteiger partial charge in [-0.2, -0.15) is 0 Å². The van der Waals surface area contributed by atoms with Crippen LogP contribution in [0.15, 0.2) is 17.9 Å². The van der Waals surface area contributed by atoms with E-state index < -0.39 is 5.60 Å². The average molecular weight is 167 g/mol. The van der Waals surface area contributed by atoms with E-state index in [1.54, 1.807) is 12.2 Å². The largest absolute Gasteiger partial charge is 0.441 e. The Labute approximate surface area is 72.1 Å². The Morgan fingerprint density at radius 3 is 2.75 bits per heavy atom. The molecule has 0 bridgehead atoms. The third-order valence-electron chi connectivity index (χ3n) is 1.81. The summed E-state index contributed by atoms with van der Waals surface area (Å²) in [7, 11) is 0. The SMILES string of the molecule is CC=C=CC1NC(=O)OC1(C)C. The predicted octanol–water partition coefficient (Wildman–Crippen LogP) is 1.60. The van der Waals surface area contributed by atoms with E-state index in [0.29, 0.717) is 0 Å². The Bertz CT molecular complexity index is 249. The van der Waals surface area contributed by atoms with E-state index in [1.165, 1.54) is 0 Å². The van der Waals surface area contributed by atoms with Gasteiger partial charge in [0.15, 0.2) is 0 Å². The zero-order chi connectivity index (χ0) is 9.19. The third kappa shape index (κ3) is 1.69. The molecule has 3 heteroatoms. The summed E-state index contributed by atoms with van der Waals surface area (Å²) in [5.41, 5.74) is 2.46. The van der Waals surface area contributed by atoms with Gasteiger partial charge in [-0.25, -0.2) is 4.79 Å². The first-order chi connectivity index (χ1) is 5.56. The highest BCUT2D eigenvalue weighted by molar-refractivity contribution is 5.71. The molecule has 1 rings (SSSR count). The van der Waals surface area contributed by atoms with Gasteiger partial charge >= 0.3 is 6.09 Å². The van der Waals surface area contributed by atoms with Gasteiger partial charge in [0.2, 0.25) is 0 Å². The number of carbonyl (C=O) groups is 1. The van der Waals surface area contributed by atoms with E-state index in [0.717, 1.165) is 0 Å². The van der Waals surface area contributed by atoms with Crippen LogP contribution < -0.4 is 5.32 Å². The second kappa shape index (κ2) is 3.03. The molecule has 0 spiro atoms. The fourth-order valence-corrected chi connectivity index (χ4v) is 1.07. The molecule has 1 aliphatic heterocycles. The minimum absolute atomic E-state index is 0.0822. The van der Waals surface area contributed by atoms with E-state index in [9.17, 15) is 4.79 Å². The van der Waals surface area contributed by atoms with Crippen LogP contribution in [0.5, 0.6) is 0 Å². The Balaban J connectivity index is 2.78. The fraction of sp³-hybridized carbons (Fsp3) is 0.556. The van der Waals surface area contributed by atoms with Gasteiger partial charge in [-0.15, -0.1) is 5.73 Å². The summed E-state index contributed by atoms with van der Waals surface area (Å²) < 4.78 is 5.02. The molecule has 3 nitrogen and oxygen atoms in total. The molecule has 0 aromatic rings. The van der Waals surface area contributed by atoms with Crippen molar-refractivity contribution in [3.63, 3.8) is 0 Å². The van der Waals surface area contributed by atoms with E-state index in [2.05, 4.69) is 11.0 Å². The zero-order valence-corrected chi connectivity index (χ0v) is 7.55. The van der Waals surface area contributed by atoms with Crippen LogP contribution in [0.4, 0.5) is 4.79 Å². The summed E-state index contributed by atoms with van der Waals surface area (Å²) in [5.74, 6) is 0. The van der Waals surface area contributed by atoms with Crippen molar-refractivity contribution >= 4 is 6.09 Å². The summed E-state index contributed by atoms with van der Waals surface area (Å²) in [4.78, 5) is 10.8. The monoisotopic (exact) mass is 167 g/mol. The molecule has 0 saturated carbocycles. The van der Waals surface area contributed by atoms with Crippen LogP contribution in [-0.2, 0) is 4.74 Å². The molecule has 0 aromatic heterocycles. The third-order valence-corrected chi connectivity index (χ3v) is 1.81. The van der Waals surface area contributed by atoms with Gasteiger partial charge in [0.1, 0.15) is 5.60 Å². The molecule has 0 aliphatic carbocycles. The molecule has 1 aliphatic rings. The zero-order valence-electron chi connectivity index (χ0n) is 7.55. The molecular formula is C9H13NO2. The van der Waals surface area contributed by atoms with Crippen LogP contribution in [0.3, 0.4) is 0 Å².